The summed E-state index contributed by atoms with van der Waals surface area (Å²) in [5.74, 6) is 0. The summed E-state index contributed by atoms with van der Waals surface area (Å²) in [4.78, 5) is 0. The predicted octanol–water partition coefficient (Wildman–Crippen LogP) is 4.08. The number of halogens is 1. The molecular formula is C17H17BrN2O. The van der Waals surface area contributed by atoms with Gasteiger partial charge in [0.2, 0.25) is 0 Å². The van der Waals surface area contributed by atoms with Crippen molar-refractivity contribution < 1.29 is 5.11 Å². The topological polar surface area (TPSA) is 56.0 Å². The zero-order valence-electron chi connectivity index (χ0n) is 12.0. The third-order valence-electron chi connectivity index (χ3n) is 3.33. The number of aryl methyl sites for hydroxylation is 2. The lowest BCUT2D eigenvalue weighted by molar-refractivity contribution is 0.191. The molecule has 0 heterocycles. The lowest BCUT2D eigenvalue weighted by Gasteiger charge is -2.16. The van der Waals surface area contributed by atoms with E-state index in [0.717, 1.165) is 21.3 Å². The van der Waals surface area contributed by atoms with Crippen molar-refractivity contribution in [1.29, 1.82) is 5.26 Å². The monoisotopic (exact) mass is 344 g/mol. The molecule has 0 radical (unpaired) electrons. The van der Waals surface area contributed by atoms with E-state index in [1.165, 1.54) is 5.56 Å². The molecule has 0 bridgehead atoms. The van der Waals surface area contributed by atoms with Gasteiger partial charge >= 0.3 is 0 Å². The molecule has 0 aliphatic rings. The lowest BCUT2D eigenvalue weighted by atomic mass is 10.1. The Morgan fingerprint density at radius 3 is 2.48 bits per heavy atom. The minimum Gasteiger partial charge on any atom is -0.387 e. The van der Waals surface area contributed by atoms with E-state index in [9.17, 15) is 5.11 Å². The van der Waals surface area contributed by atoms with Crippen LogP contribution in [0.1, 0.15) is 28.4 Å². The van der Waals surface area contributed by atoms with Gasteiger partial charge in [0.15, 0.2) is 0 Å². The first-order valence-electron chi connectivity index (χ1n) is 6.70. The van der Waals surface area contributed by atoms with Gasteiger partial charge < -0.3 is 10.4 Å². The Hall–Kier alpha value is -1.83. The zero-order valence-corrected chi connectivity index (χ0v) is 13.6. The van der Waals surface area contributed by atoms with Gasteiger partial charge in [-0.25, -0.2) is 0 Å². The van der Waals surface area contributed by atoms with Gasteiger partial charge in [-0.1, -0.05) is 18.2 Å². The molecule has 1 unspecified atom stereocenters. The van der Waals surface area contributed by atoms with Gasteiger partial charge in [0.25, 0.3) is 0 Å². The average Bonchev–Trinajstić information content (AvgIpc) is 2.46. The van der Waals surface area contributed by atoms with E-state index in [2.05, 4.69) is 33.4 Å². The molecule has 0 aromatic heterocycles. The number of aliphatic hydroxyl groups is 1. The second-order valence-corrected chi connectivity index (χ2v) is 5.92. The van der Waals surface area contributed by atoms with E-state index >= 15 is 0 Å². The number of nitrogens with one attached hydrogen (secondary N) is 1. The maximum Gasteiger partial charge on any atom is 0.0991 e. The summed E-state index contributed by atoms with van der Waals surface area (Å²) in [6.45, 7) is 4.50. The third kappa shape index (κ3) is 3.84. The van der Waals surface area contributed by atoms with Gasteiger partial charge in [0, 0.05) is 11.0 Å². The van der Waals surface area contributed by atoms with Crippen LogP contribution in [-0.2, 0) is 0 Å². The van der Waals surface area contributed by atoms with E-state index < -0.39 is 6.10 Å². The highest BCUT2D eigenvalue weighted by atomic mass is 79.9. The predicted molar refractivity (Wildman–Crippen MR) is 88.2 cm³/mol. The fraction of sp³-hybridized carbons (Fsp3) is 0.235. The van der Waals surface area contributed by atoms with Crippen molar-refractivity contribution >= 4 is 21.6 Å². The van der Waals surface area contributed by atoms with E-state index in [-0.39, 0.29) is 0 Å². The van der Waals surface area contributed by atoms with Gasteiger partial charge in [0.05, 0.1) is 23.4 Å². The SMILES string of the molecule is Cc1cc(C)c(NCC(O)c2ccc(C#N)cc2)c(Br)c1. The molecule has 4 heteroatoms. The summed E-state index contributed by atoms with van der Waals surface area (Å²) in [6.07, 6.45) is -0.620. The first kappa shape index (κ1) is 15.6. The molecule has 2 aromatic carbocycles. The minimum absolute atomic E-state index is 0.411. The molecule has 0 amide bonds. The molecule has 0 aliphatic carbocycles. The number of anilines is 1. The summed E-state index contributed by atoms with van der Waals surface area (Å²) in [7, 11) is 0. The number of hydrogen-bond donors (Lipinski definition) is 2. The summed E-state index contributed by atoms with van der Waals surface area (Å²) in [6, 6.07) is 13.2. The Bertz CT molecular complexity index is 651. The molecule has 21 heavy (non-hydrogen) atoms. The highest BCUT2D eigenvalue weighted by Crippen LogP contribution is 2.28. The number of hydrogen-bond acceptors (Lipinski definition) is 3. The molecule has 2 aromatic rings. The molecule has 0 saturated heterocycles. The van der Waals surface area contributed by atoms with Gasteiger partial charge in [0.1, 0.15) is 0 Å². The van der Waals surface area contributed by atoms with Crippen molar-refractivity contribution in [2.75, 3.05) is 11.9 Å². The summed E-state index contributed by atoms with van der Waals surface area (Å²) in [5, 5.41) is 22.3. The molecule has 0 saturated carbocycles. The van der Waals surface area contributed by atoms with Crippen LogP contribution < -0.4 is 5.32 Å². The highest BCUT2D eigenvalue weighted by Gasteiger charge is 2.10. The molecule has 1 atom stereocenters. The molecule has 0 aliphatic heterocycles. The van der Waals surface area contributed by atoms with E-state index in [1.807, 2.05) is 19.9 Å². The summed E-state index contributed by atoms with van der Waals surface area (Å²) >= 11 is 3.54. The maximum atomic E-state index is 10.2. The largest absolute Gasteiger partial charge is 0.387 e. The Morgan fingerprint density at radius 2 is 1.90 bits per heavy atom. The van der Waals surface area contributed by atoms with Gasteiger partial charge in [-0.15, -0.1) is 0 Å². The van der Waals surface area contributed by atoms with Crippen LogP contribution in [0, 0.1) is 25.2 Å². The van der Waals surface area contributed by atoms with Crippen LogP contribution in [0.15, 0.2) is 40.9 Å². The van der Waals surface area contributed by atoms with Crippen LogP contribution in [0.4, 0.5) is 5.69 Å². The summed E-state index contributed by atoms with van der Waals surface area (Å²) < 4.78 is 0.993. The van der Waals surface area contributed by atoms with Crippen LogP contribution in [-0.4, -0.2) is 11.7 Å². The molecule has 2 N–H and O–H groups in total. The minimum atomic E-state index is -0.620. The van der Waals surface area contributed by atoms with Crippen LogP contribution in [0.3, 0.4) is 0 Å². The molecule has 3 nitrogen and oxygen atoms in total. The van der Waals surface area contributed by atoms with Crippen LogP contribution in [0.2, 0.25) is 0 Å². The Morgan fingerprint density at radius 1 is 1.24 bits per heavy atom. The Balaban J connectivity index is 2.07. The molecule has 0 fully saturated rings. The number of rotatable bonds is 4. The van der Waals surface area contributed by atoms with Crippen LogP contribution >= 0.6 is 15.9 Å². The number of nitrogens with zero attached hydrogens (tertiary/aromatic N) is 1. The Labute approximate surface area is 133 Å². The second-order valence-electron chi connectivity index (χ2n) is 5.07. The molecule has 2 rings (SSSR count). The fourth-order valence-electron chi connectivity index (χ4n) is 2.24. The van der Waals surface area contributed by atoms with Crippen LogP contribution in [0.5, 0.6) is 0 Å². The highest BCUT2D eigenvalue weighted by molar-refractivity contribution is 9.10. The van der Waals surface area contributed by atoms with E-state index in [0.29, 0.717) is 12.1 Å². The first-order valence-corrected chi connectivity index (χ1v) is 7.49. The van der Waals surface area contributed by atoms with Crippen molar-refractivity contribution in [2.24, 2.45) is 0 Å². The molecule has 108 valence electrons. The Kier molecular flexibility index (Phi) is 5.00. The molecular weight excluding hydrogens is 328 g/mol. The number of nitriles is 1. The third-order valence-corrected chi connectivity index (χ3v) is 3.95. The summed E-state index contributed by atoms with van der Waals surface area (Å²) in [5.41, 5.74) is 4.71. The fourth-order valence-corrected chi connectivity index (χ4v) is 3.05. The lowest BCUT2D eigenvalue weighted by Crippen LogP contribution is -2.13. The van der Waals surface area contributed by atoms with Gasteiger partial charge in [-0.05, 0) is 64.7 Å². The second kappa shape index (κ2) is 6.75. The average molecular weight is 345 g/mol. The maximum absolute atomic E-state index is 10.2. The van der Waals surface area contributed by atoms with Gasteiger partial charge in [-0.3, -0.25) is 0 Å². The zero-order chi connectivity index (χ0) is 15.4. The normalized spacial score (nSPS) is 11.8. The number of aliphatic hydroxyl groups excluding tert-OH is 1. The molecule has 0 spiro atoms. The smallest absolute Gasteiger partial charge is 0.0991 e. The van der Waals surface area contributed by atoms with E-state index in [4.69, 9.17) is 5.26 Å². The standard InChI is InChI=1S/C17H17BrN2O/c1-11-7-12(2)17(15(18)8-11)20-10-16(21)14-5-3-13(9-19)4-6-14/h3-8,16,20-21H,10H2,1-2H3. The van der Waals surface area contributed by atoms with Crippen LogP contribution in [0.25, 0.3) is 0 Å². The van der Waals surface area contributed by atoms with Crippen molar-refractivity contribution in [3.05, 3.63) is 63.1 Å². The van der Waals surface area contributed by atoms with E-state index in [1.54, 1.807) is 24.3 Å². The van der Waals surface area contributed by atoms with Crippen molar-refractivity contribution in [3.8, 4) is 6.07 Å². The van der Waals surface area contributed by atoms with Crippen molar-refractivity contribution in [2.45, 2.75) is 20.0 Å². The first-order chi connectivity index (χ1) is 10.0. The van der Waals surface area contributed by atoms with Gasteiger partial charge in [-0.2, -0.15) is 5.26 Å². The number of benzene rings is 2. The van der Waals surface area contributed by atoms with Crippen molar-refractivity contribution in [1.82, 2.24) is 0 Å². The quantitative estimate of drug-likeness (QED) is 0.878. The van der Waals surface area contributed by atoms with Crippen molar-refractivity contribution in [3.63, 3.8) is 0 Å².